The predicted octanol–water partition coefficient (Wildman–Crippen LogP) is 4.10. The van der Waals surface area contributed by atoms with E-state index in [2.05, 4.69) is 11.8 Å². The molecule has 3 rings (SSSR count). The fourth-order valence-electron chi connectivity index (χ4n) is 2.90. The standard InChI is InChI=1S/C21H20FNO2.C2H6/c22-20-4-2-1-3-18(20)8-5-16-6-9-19(10-7-16)21(25)23-13-11-17(15-24)12-14-23;1-2/h1-4,6-7,9-10,17,24H,11-15H2;1-2H3. The van der Waals surface area contributed by atoms with Crippen molar-refractivity contribution in [1.82, 2.24) is 4.90 Å². The van der Waals surface area contributed by atoms with Crippen molar-refractivity contribution in [2.24, 2.45) is 5.92 Å². The highest BCUT2D eigenvalue weighted by molar-refractivity contribution is 5.94. The van der Waals surface area contributed by atoms with E-state index in [9.17, 15) is 14.3 Å². The molecule has 142 valence electrons. The zero-order valence-electron chi connectivity index (χ0n) is 15.9. The largest absolute Gasteiger partial charge is 0.396 e. The number of likely N-dealkylation sites (tertiary alicyclic amines) is 1. The first-order valence-corrected chi connectivity index (χ1v) is 9.44. The van der Waals surface area contributed by atoms with Crippen LogP contribution >= 0.6 is 0 Å². The van der Waals surface area contributed by atoms with Crippen LogP contribution in [-0.4, -0.2) is 35.6 Å². The zero-order chi connectivity index (χ0) is 19.6. The number of piperidine rings is 1. The third-order valence-electron chi connectivity index (χ3n) is 4.51. The smallest absolute Gasteiger partial charge is 0.253 e. The molecule has 1 amide bonds. The van der Waals surface area contributed by atoms with Gasteiger partial charge in [-0.3, -0.25) is 4.79 Å². The Morgan fingerprint density at radius 3 is 2.30 bits per heavy atom. The Balaban J connectivity index is 0.00000126. The molecule has 0 unspecified atom stereocenters. The normalized spacial score (nSPS) is 13.9. The molecular formula is C23H26FNO2. The summed E-state index contributed by atoms with van der Waals surface area (Å²) >= 11 is 0. The number of halogens is 1. The summed E-state index contributed by atoms with van der Waals surface area (Å²) in [6.45, 7) is 5.55. The van der Waals surface area contributed by atoms with Gasteiger partial charge in [-0.2, -0.15) is 0 Å². The molecule has 0 aromatic heterocycles. The number of benzene rings is 2. The van der Waals surface area contributed by atoms with E-state index in [1.54, 1.807) is 42.5 Å². The molecule has 0 atom stereocenters. The van der Waals surface area contributed by atoms with Crippen LogP contribution in [0, 0.1) is 23.6 Å². The van der Waals surface area contributed by atoms with Gasteiger partial charge in [-0.25, -0.2) is 4.39 Å². The maximum atomic E-state index is 13.6. The van der Waals surface area contributed by atoms with Crippen LogP contribution in [0.2, 0.25) is 0 Å². The quantitative estimate of drug-likeness (QED) is 0.812. The van der Waals surface area contributed by atoms with Crippen LogP contribution in [0.5, 0.6) is 0 Å². The van der Waals surface area contributed by atoms with E-state index in [0.717, 1.165) is 18.4 Å². The zero-order valence-corrected chi connectivity index (χ0v) is 15.9. The third-order valence-corrected chi connectivity index (χ3v) is 4.51. The van der Waals surface area contributed by atoms with Crippen molar-refractivity contribution in [3.8, 4) is 11.8 Å². The molecule has 1 N–H and O–H groups in total. The Bertz CT molecular complexity index is 797. The molecule has 3 nitrogen and oxygen atoms in total. The molecule has 0 spiro atoms. The fraction of sp³-hybridized carbons (Fsp3) is 0.348. The second kappa shape index (κ2) is 10.5. The average Bonchev–Trinajstić information content (AvgIpc) is 2.74. The lowest BCUT2D eigenvalue weighted by Gasteiger charge is -2.31. The lowest BCUT2D eigenvalue weighted by Crippen LogP contribution is -2.39. The number of amides is 1. The number of aliphatic hydroxyl groups excluding tert-OH is 1. The van der Waals surface area contributed by atoms with Crippen molar-refractivity contribution in [1.29, 1.82) is 0 Å². The Morgan fingerprint density at radius 1 is 1.07 bits per heavy atom. The van der Waals surface area contributed by atoms with Gasteiger partial charge in [0.2, 0.25) is 0 Å². The van der Waals surface area contributed by atoms with E-state index < -0.39 is 0 Å². The maximum Gasteiger partial charge on any atom is 0.253 e. The maximum absolute atomic E-state index is 13.6. The molecule has 1 heterocycles. The van der Waals surface area contributed by atoms with Gasteiger partial charge in [0.1, 0.15) is 5.82 Å². The molecule has 1 aliphatic heterocycles. The first-order valence-electron chi connectivity index (χ1n) is 9.44. The minimum absolute atomic E-state index is 0.00463. The summed E-state index contributed by atoms with van der Waals surface area (Å²) in [5.74, 6) is 5.70. The highest BCUT2D eigenvalue weighted by Gasteiger charge is 2.22. The summed E-state index contributed by atoms with van der Waals surface area (Å²) in [5.41, 5.74) is 1.71. The topological polar surface area (TPSA) is 40.5 Å². The van der Waals surface area contributed by atoms with E-state index in [-0.39, 0.29) is 18.3 Å². The minimum atomic E-state index is -0.340. The molecule has 2 aromatic carbocycles. The number of nitrogens with zero attached hydrogens (tertiary/aromatic N) is 1. The molecule has 1 saturated heterocycles. The highest BCUT2D eigenvalue weighted by atomic mass is 19.1. The average molecular weight is 367 g/mol. The summed E-state index contributed by atoms with van der Waals surface area (Å²) in [4.78, 5) is 14.3. The van der Waals surface area contributed by atoms with Gasteiger partial charge in [-0.05, 0) is 55.2 Å². The number of carbonyl (C=O) groups excluding carboxylic acids is 1. The van der Waals surface area contributed by atoms with Crippen LogP contribution in [0.15, 0.2) is 48.5 Å². The van der Waals surface area contributed by atoms with Crippen LogP contribution in [0.4, 0.5) is 4.39 Å². The van der Waals surface area contributed by atoms with Gasteiger partial charge in [0.05, 0.1) is 5.56 Å². The predicted molar refractivity (Wildman–Crippen MR) is 106 cm³/mol. The van der Waals surface area contributed by atoms with Crippen LogP contribution in [-0.2, 0) is 0 Å². The molecule has 1 fully saturated rings. The van der Waals surface area contributed by atoms with E-state index in [1.807, 2.05) is 18.7 Å². The second-order valence-electron chi connectivity index (χ2n) is 6.23. The molecule has 1 aliphatic rings. The monoisotopic (exact) mass is 367 g/mol. The second-order valence-corrected chi connectivity index (χ2v) is 6.23. The fourth-order valence-corrected chi connectivity index (χ4v) is 2.90. The number of hydrogen-bond acceptors (Lipinski definition) is 2. The Hall–Kier alpha value is -2.64. The molecule has 0 radical (unpaired) electrons. The van der Waals surface area contributed by atoms with E-state index in [0.29, 0.717) is 30.1 Å². The first kappa shape index (κ1) is 20.7. The summed E-state index contributed by atoms with van der Waals surface area (Å²) in [5, 5.41) is 9.17. The van der Waals surface area contributed by atoms with Gasteiger partial charge < -0.3 is 10.0 Å². The van der Waals surface area contributed by atoms with Crippen molar-refractivity contribution < 1.29 is 14.3 Å². The molecule has 0 aliphatic carbocycles. The molecule has 0 saturated carbocycles. The first-order chi connectivity index (χ1) is 13.2. The van der Waals surface area contributed by atoms with Crippen LogP contribution in [0.25, 0.3) is 0 Å². The van der Waals surface area contributed by atoms with E-state index >= 15 is 0 Å². The van der Waals surface area contributed by atoms with Gasteiger partial charge in [-0.15, -0.1) is 0 Å². The Kier molecular flexibility index (Phi) is 8.03. The number of carbonyl (C=O) groups is 1. The van der Waals surface area contributed by atoms with E-state index in [4.69, 9.17) is 0 Å². The summed E-state index contributed by atoms with van der Waals surface area (Å²) in [6, 6.07) is 13.5. The van der Waals surface area contributed by atoms with Gasteiger partial charge >= 0.3 is 0 Å². The number of rotatable bonds is 2. The van der Waals surface area contributed by atoms with Crippen molar-refractivity contribution in [2.75, 3.05) is 19.7 Å². The summed E-state index contributed by atoms with van der Waals surface area (Å²) in [7, 11) is 0. The molecule has 2 aromatic rings. The van der Waals surface area contributed by atoms with Crippen LogP contribution < -0.4 is 0 Å². The van der Waals surface area contributed by atoms with Gasteiger partial charge in [-0.1, -0.05) is 37.8 Å². The molecular weight excluding hydrogens is 341 g/mol. The molecule has 4 heteroatoms. The minimum Gasteiger partial charge on any atom is -0.396 e. The van der Waals surface area contributed by atoms with Gasteiger partial charge in [0.15, 0.2) is 0 Å². The Labute approximate surface area is 160 Å². The van der Waals surface area contributed by atoms with Crippen molar-refractivity contribution >= 4 is 5.91 Å². The Morgan fingerprint density at radius 2 is 1.70 bits per heavy atom. The van der Waals surface area contributed by atoms with Crippen LogP contribution in [0.1, 0.15) is 48.2 Å². The van der Waals surface area contributed by atoms with Crippen LogP contribution in [0.3, 0.4) is 0 Å². The molecule has 0 bridgehead atoms. The summed E-state index contributed by atoms with van der Waals surface area (Å²) < 4.78 is 13.6. The summed E-state index contributed by atoms with van der Waals surface area (Å²) in [6.07, 6.45) is 1.68. The lowest BCUT2D eigenvalue weighted by molar-refractivity contribution is 0.0651. The van der Waals surface area contributed by atoms with Crippen molar-refractivity contribution in [3.05, 3.63) is 71.0 Å². The van der Waals surface area contributed by atoms with E-state index in [1.165, 1.54) is 6.07 Å². The number of hydrogen-bond donors (Lipinski definition) is 1. The third kappa shape index (κ3) is 5.67. The lowest BCUT2D eigenvalue weighted by atomic mass is 9.97. The SMILES string of the molecule is CC.O=C(c1ccc(C#Cc2ccccc2F)cc1)N1CCC(CO)CC1. The number of aliphatic hydroxyl groups is 1. The van der Waals surface area contributed by atoms with Gasteiger partial charge in [0, 0.05) is 30.8 Å². The molecule has 27 heavy (non-hydrogen) atoms. The highest BCUT2D eigenvalue weighted by Crippen LogP contribution is 2.18. The van der Waals surface area contributed by atoms with Gasteiger partial charge in [0.25, 0.3) is 5.91 Å². The van der Waals surface area contributed by atoms with Crippen molar-refractivity contribution in [2.45, 2.75) is 26.7 Å². The van der Waals surface area contributed by atoms with Crippen molar-refractivity contribution in [3.63, 3.8) is 0 Å².